The minimum atomic E-state index is -4.32. The fraction of sp³-hybridized carbons (Fsp3) is 0.0455. The normalized spacial score (nSPS) is 10.7. The second-order valence-electron chi connectivity index (χ2n) is 5.64. The monoisotopic (exact) mass is 502 g/mol. The van der Waals surface area contributed by atoms with E-state index >= 15 is 0 Å². The van der Waals surface area contributed by atoms with Crippen molar-refractivity contribution in [2.45, 2.75) is 6.18 Å². The van der Waals surface area contributed by atoms with Crippen molar-refractivity contribution in [2.24, 2.45) is 0 Å². The van der Waals surface area contributed by atoms with Crippen LogP contribution in [0.1, 0.15) is 22.3 Å². The van der Waals surface area contributed by atoms with E-state index in [0.29, 0.717) is 0 Å². The summed E-state index contributed by atoms with van der Waals surface area (Å²) in [6.45, 7) is 3.85. The summed E-state index contributed by atoms with van der Waals surface area (Å²) in [6.07, 6.45) is -0.640. The first kappa shape index (κ1) is 20.6. The maximum atomic E-state index is 12.7. The van der Waals surface area contributed by atoms with Crippen molar-refractivity contribution in [1.82, 2.24) is 0 Å². The number of hydrogen-bond acceptors (Lipinski definition) is 0. The second-order valence-corrected chi connectivity index (χ2v) is 5.64. The molecule has 0 spiro atoms. The van der Waals surface area contributed by atoms with Gasteiger partial charge in [-0.25, -0.2) is 0 Å². The fourth-order valence-corrected chi connectivity index (χ4v) is 2.74. The average molecular weight is 502 g/mol. The van der Waals surface area contributed by atoms with E-state index in [1.54, 1.807) is 6.08 Å². The Kier molecular flexibility index (Phi) is 6.99. The van der Waals surface area contributed by atoms with Crippen LogP contribution in [0.15, 0.2) is 79.4 Å². The van der Waals surface area contributed by atoms with Crippen molar-refractivity contribution >= 4 is 6.08 Å². The van der Waals surface area contributed by atoms with Crippen LogP contribution in [0.2, 0.25) is 0 Å². The molecular formula is C22H16F3Ho-. The van der Waals surface area contributed by atoms with Gasteiger partial charge in [-0.2, -0.15) is 13.2 Å². The van der Waals surface area contributed by atoms with Crippen LogP contribution < -0.4 is 0 Å². The third-order valence-corrected chi connectivity index (χ3v) is 3.99. The predicted octanol–water partition coefficient (Wildman–Crippen LogP) is 6.62. The molecule has 0 N–H and O–H groups in total. The van der Waals surface area contributed by atoms with Crippen molar-refractivity contribution in [3.63, 3.8) is 0 Å². The van der Waals surface area contributed by atoms with E-state index in [-0.39, 0.29) is 37.7 Å². The molecule has 137 valence electrons. The van der Waals surface area contributed by atoms with Gasteiger partial charge in [-0.05, 0) is 11.1 Å². The number of rotatable bonds is 4. The van der Waals surface area contributed by atoms with Gasteiger partial charge in [0.05, 0.1) is 0 Å². The molecular weight excluding hydrogens is 486 g/mol. The number of benzene rings is 3. The Morgan fingerprint density at radius 3 is 1.96 bits per heavy atom. The molecule has 0 heterocycles. The molecule has 0 aliphatic heterocycles. The number of hydrogen-bond donors (Lipinski definition) is 0. The topological polar surface area (TPSA) is 0 Å². The van der Waals surface area contributed by atoms with Crippen LogP contribution in [-0.2, 0) is 6.18 Å². The van der Waals surface area contributed by atoms with Crippen LogP contribution in [-0.4, -0.2) is 0 Å². The third kappa shape index (κ3) is 4.73. The second kappa shape index (κ2) is 8.81. The summed E-state index contributed by atoms with van der Waals surface area (Å²) in [5.74, 6) is 0. The molecule has 1 radical (unpaired) electrons. The van der Waals surface area contributed by atoms with Gasteiger partial charge in [-0.3, -0.25) is 0 Å². The van der Waals surface area contributed by atoms with E-state index in [2.05, 4.69) is 6.58 Å². The molecule has 0 atom stereocenters. The Morgan fingerprint density at radius 2 is 1.35 bits per heavy atom. The van der Waals surface area contributed by atoms with Gasteiger partial charge in [-0.1, -0.05) is 72.8 Å². The van der Waals surface area contributed by atoms with Crippen molar-refractivity contribution in [2.75, 3.05) is 0 Å². The molecule has 26 heavy (non-hydrogen) atoms. The first-order valence-electron chi connectivity index (χ1n) is 7.82. The van der Waals surface area contributed by atoms with Gasteiger partial charge in [-0.15, -0.1) is 35.7 Å². The molecule has 0 fully saturated rings. The molecule has 0 aliphatic rings. The Labute approximate surface area is 181 Å². The quantitative estimate of drug-likeness (QED) is 0.278. The van der Waals surface area contributed by atoms with Gasteiger partial charge in [0.1, 0.15) is 0 Å². The molecule has 0 amide bonds. The van der Waals surface area contributed by atoms with Gasteiger partial charge < -0.3 is 0 Å². The summed E-state index contributed by atoms with van der Waals surface area (Å²) in [7, 11) is 0. The Bertz CT molecular complexity index is 880. The zero-order valence-corrected chi connectivity index (χ0v) is 15.7. The molecule has 3 aromatic carbocycles. The first-order valence-corrected chi connectivity index (χ1v) is 7.82. The Hall–Kier alpha value is -1.68. The van der Waals surface area contributed by atoms with E-state index < -0.39 is 11.7 Å². The Balaban J connectivity index is 0.00000243. The van der Waals surface area contributed by atoms with Gasteiger partial charge >= 0.3 is 6.18 Å². The van der Waals surface area contributed by atoms with Crippen molar-refractivity contribution < 1.29 is 50.9 Å². The van der Waals surface area contributed by atoms with E-state index in [1.165, 1.54) is 12.1 Å². The molecule has 0 nitrogen and oxygen atoms in total. The molecule has 3 rings (SSSR count). The molecule has 0 unspecified atom stereocenters. The van der Waals surface area contributed by atoms with E-state index in [0.717, 1.165) is 39.9 Å². The van der Waals surface area contributed by atoms with Crippen LogP contribution >= 0.6 is 0 Å². The van der Waals surface area contributed by atoms with Crippen molar-refractivity contribution in [3.8, 4) is 11.1 Å². The molecule has 0 saturated heterocycles. The maximum absolute atomic E-state index is 12.7. The molecule has 0 aromatic heterocycles. The minimum absolute atomic E-state index is 0. The zero-order chi connectivity index (χ0) is 17.9. The summed E-state index contributed by atoms with van der Waals surface area (Å²) >= 11 is 0. The SMILES string of the molecule is C=Cc1ccccc1-c1ccccc1[CH-]c1ccc(C(F)(F)F)cc1.[Ho]. The standard InChI is InChI=1S/C22H16F3.Ho/c1-2-17-7-3-5-9-20(17)21-10-6-4-8-18(21)15-16-11-13-19(14-12-16)22(23,24)25;/h2-15H,1H2;/q-1;. The van der Waals surface area contributed by atoms with Gasteiger partial charge in [0.15, 0.2) is 0 Å². The number of alkyl halides is 3. The minimum Gasteiger partial charge on any atom is -0.166 e. The van der Waals surface area contributed by atoms with Crippen LogP contribution in [0.5, 0.6) is 0 Å². The zero-order valence-electron chi connectivity index (χ0n) is 13.7. The van der Waals surface area contributed by atoms with Crippen molar-refractivity contribution in [3.05, 3.63) is 108 Å². The predicted molar refractivity (Wildman–Crippen MR) is 95.9 cm³/mol. The van der Waals surface area contributed by atoms with Crippen LogP contribution in [0.3, 0.4) is 0 Å². The summed E-state index contributed by atoms with van der Waals surface area (Å²) in [6, 6.07) is 20.9. The fourth-order valence-electron chi connectivity index (χ4n) is 2.74. The van der Waals surface area contributed by atoms with Crippen LogP contribution in [0.25, 0.3) is 17.2 Å². The molecule has 4 heteroatoms. The molecule has 3 aromatic rings. The van der Waals surface area contributed by atoms with E-state index in [4.69, 9.17) is 0 Å². The number of halogens is 3. The van der Waals surface area contributed by atoms with E-state index in [9.17, 15) is 13.2 Å². The molecule has 0 saturated carbocycles. The average Bonchev–Trinajstić information content (AvgIpc) is 2.62. The summed E-state index contributed by atoms with van der Waals surface area (Å²) in [4.78, 5) is 0. The van der Waals surface area contributed by atoms with Crippen LogP contribution in [0, 0.1) is 44.2 Å². The van der Waals surface area contributed by atoms with Gasteiger partial charge in [0.2, 0.25) is 0 Å². The molecule has 0 bridgehead atoms. The summed E-state index contributed by atoms with van der Waals surface area (Å²) in [5, 5.41) is 0. The van der Waals surface area contributed by atoms with E-state index in [1.807, 2.05) is 55.0 Å². The summed E-state index contributed by atoms with van der Waals surface area (Å²) < 4.78 is 38.1. The first-order chi connectivity index (χ1) is 12.0. The Morgan fingerprint density at radius 1 is 0.769 bits per heavy atom. The molecule has 0 aliphatic carbocycles. The van der Waals surface area contributed by atoms with Gasteiger partial charge in [0, 0.05) is 43.3 Å². The smallest absolute Gasteiger partial charge is 0.166 e. The van der Waals surface area contributed by atoms with Crippen LogP contribution in [0.4, 0.5) is 13.2 Å². The summed E-state index contributed by atoms with van der Waals surface area (Å²) in [5.41, 5.74) is 4.08. The maximum Gasteiger partial charge on any atom is 0.415 e. The van der Waals surface area contributed by atoms with Crippen molar-refractivity contribution in [1.29, 1.82) is 0 Å². The third-order valence-electron chi connectivity index (χ3n) is 3.99. The van der Waals surface area contributed by atoms with Gasteiger partial charge in [0.25, 0.3) is 0 Å². The largest absolute Gasteiger partial charge is 0.415 e.